The van der Waals surface area contributed by atoms with E-state index in [9.17, 15) is 4.39 Å². The van der Waals surface area contributed by atoms with E-state index in [4.69, 9.17) is 0 Å². The van der Waals surface area contributed by atoms with Crippen LogP contribution in [-0.4, -0.2) is 4.57 Å². The third kappa shape index (κ3) is 2.14. The highest BCUT2D eigenvalue weighted by atomic mass is 19.1. The number of aromatic nitrogens is 1. The Bertz CT molecular complexity index is 723. The van der Waals surface area contributed by atoms with Gasteiger partial charge >= 0.3 is 0 Å². The Morgan fingerprint density at radius 1 is 1.05 bits per heavy atom. The molecule has 0 fully saturated rings. The molecule has 1 heterocycles. The lowest BCUT2D eigenvalue weighted by Gasteiger charge is -2.02. The minimum atomic E-state index is -0.139. The Morgan fingerprint density at radius 2 is 1.79 bits per heavy atom. The number of aryl methyl sites for hydroxylation is 2. The van der Waals surface area contributed by atoms with E-state index in [2.05, 4.69) is 31.2 Å². The third-order valence-corrected chi connectivity index (χ3v) is 3.56. The normalized spacial score (nSPS) is 11.1. The van der Waals surface area contributed by atoms with E-state index in [1.807, 2.05) is 23.9 Å². The highest BCUT2D eigenvalue weighted by molar-refractivity contribution is 5.84. The second-order valence-corrected chi connectivity index (χ2v) is 5.06. The van der Waals surface area contributed by atoms with Crippen LogP contribution in [0, 0.1) is 12.7 Å². The van der Waals surface area contributed by atoms with Crippen LogP contribution in [0.2, 0.25) is 0 Å². The zero-order valence-electron chi connectivity index (χ0n) is 11.2. The van der Waals surface area contributed by atoms with Crippen molar-refractivity contribution in [3.63, 3.8) is 0 Å². The summed E-state index contributed by atoms with van der Waals surface area (Å²) in [6, 6.07) is 13.6. The van der Waals surface area contributed by atoms with Gasteiger partial charge in [0.1, 0.15) is 5.82 Å². The second-order valence-electron chi connectivity index (χ2n) is 5.06. The Labute approximate surface area is 112 Å². The molecule has 2 heteroatoms. The molecule has 3 rings (SSSR count). The fraction of sp³-hybridized carbons (Fsp3) is 0.176. The molecule has 0 bridgehead atoms. The largest absolute Gasteiger partial charge is 0.350 e. The van der Waals surface area contributed by atoms with E-state index in [-0.39, 0.29) is 5.82 Å². The molecule has 0 aliphatic rings. The van der Waals surface area contributed by atoms with Crippen molar-refractivity contribution < 1.29 is 4.39 Å². The summed E-state index contributed by atoms with van der Waals surface area (Å²) in [5.74, 6) is -0.139. The second kappa shape index (κ2) is 4.54. The van der Waals surface area contributed by atoms with Gasteiger partial charge in [0.05, 0.1) is 5.52 Å². The van der Waals surface area contributed by atoms with Crippen LogP contribution in [0.5, 0.6) is 0 Å². The Balaban J connectivity index is 2.08. The number of halogens is 1. The molecule has 0 saturated heterocycles. The third-order valence-electron chi connectivity index (χ3n) is 3.56. The predicted molar refractivity (Wildman–Crippen MR) is 76.9 cm³/mol. The molecule has 3 aromatic rings. The van der Waals surface area contributed by atoms with E-state index >= 15 is 0 Å². The molecule has 0 unspecified atom stereocenters. The van der Waals surface area contributed by atoms with Gasteiger partial charge in [-0.2, -0.15) is 0 Å². The first kappa shape index (κ1) is 12.0. The molecule has 0 aliphatic heterocycles. The van der Waals surface area contributed by atoms with Gasteiger partial charge in [-0.15, -0.1) is 0 Å². The van der Waals surface area contributed by atoms with Crippen LogP contribution in [0.25, 0.3) is 10.9 Å². The molecule has 0 saturated carbocycles. The van der Waals surface area contributed by atoms with Gasteiger partial charge in [-0.05, 0) is 36.6 Å². The monoisotopic (exact) mass is 253 g/mol. The van der Waals surface area contributed by atoms with Gasteiger partial charge in [-0.1, -0.05) is 35.9 Å². The summed E-state index contributed by atoms with van der Waals surface area (Å²) in [4.78, 5) is 0. The topological polar surface area (TPSA) is 4.93 Å². The zero-order valence-corrected chi connectivity index (χ0v) is 11.2. The average molecular weight is 253 g/mol. The van der Waals surface area contributed by atoms with Crippen molar-refractivity contribution >= 4 is 10.9 Å². The summed E-state index contributed by atoms with van der Waals surface area (Å²) in [5.41, 5.74) is 4.44. The van der Waals surface area contributed by atoms with Crippen LogP contribution in [-0.2, 0) is 13.5 Å². The van der Waals surface area contributed by atoms with Gasteiger partial charge in [-0.25, -0.2) is 4.39 Å². The molecule has 19 heavy (non-hydrogen) atoms. The van der Waals surface area contributed by atoms with E-state index in [1.165, 1.54) is 17.2 Å². The van der Waals surface area contributed by atoms with Crippen LogP contribution >= 0.6 is 0 Å². The van der Waals surface area contributed by atoms with Crippen molar-refractivity contribution in [2.24, 2.45) is 7.05 Å². The molecule has 0 aliphatic carbocycles. The molecule has 0 radical (unpaired) electrons. The smallest absolute Gasteiger partial charge is 0.132 e. The minimum Gasteiger partial charge on any atom is -0.350 e. The predicted octanol–water partition coefficient (Wildman–Crippen LogP) is 4.22. The van der Waals surface area contributed by atoms with Gasteiger partial charge < -0.3 is 4.57 Å². The summed E-state index contributed by atoms with van der Waals surface area (Å²) in [6.07, 6.45) is 2.78. The lowest BCUT2D eigenvalue weighted by atomic mass is 10.0. The minimum absolute atomic E-state index is 0.139. The van der Waals surface area contributed by atoms with Crippen molar-refractivity contribution in [2.45, 2.75) is 13.3 Å². The van der Waals surface area contributed by atoms with E-state index in [1.54, 1.807) is 6.07 Å². The number of benzene rings is 2. The van der Waals surface area contributed by atoms with Gasteiger partial charge in [0, 0.05) is 18.6 Å². The molecule has 96 valence electrons. The number of rotatable bonds is 2. The fourth-order valence-electron chi connectivity index (χ4n) is 2.55. The Morgan fingerprint density at radius 3 is 2.53 bits per heavy atom. The summed E-state index contributed by atoms with van der Waals surface area (Å²) in [6.45, 7) is 2.07. The summed E-state index contributed by atoms with van der Waals surface area (Å²) in [5, 5.41) is 0.741. The van der Waals surface area contributed by atoms with Crippen molar-refractivity contribution in [1.29, 1.82) is 0 Å². The molecular formula is C17H16FN. The SMILES string of the molecule is Cc1ccc(Cc2cn(C)c3cccc(F)c23)cc1. The molecule has 2 aromatic carbocycles. The first-order valence-electron chi connectivity index (χ1n) is 6.43. The highest BCUT2D eigenvalue weighted by Crippen LogP contribution is 2.25. The van der Waals surface area contributed by atoms with Gasteiger partial charge in [0.15, 0.2) is 0 Å². The average Bonchev–Trinajstić information content (AvgIpc) is 2.71. The van der Waals surface area contributed by atoms with Crippen LogP contribution in [0.1, 0.15) is 16.7 Å². The maximum atomic E-state index is 14.0. The number of nitrogens with zero attached hydrogens (tertiary/aromatic N) is 1. The standard InChI is InChI=1S/C17H16FN/c1-12-6-8-13(9-7-12)10-14-11-19(2)16-5-3-4-15(18)17(14)16/h3-9,11H,10H2,1-2H3. The van der Waals surface area contributed by atoms with Gasteiger partial charge in [0.25, 0.3) is 0 Å². The van der Waals surface area contributed by atoms with E-state index < -0.39 is 0 Å². The van der Waals surface area contributed by atoms with Gasteiger partial charge in [0.2, 0.25) is 0 Å². The molecule has 0 N–H and O–H groups in total. The van der Waals surface area contributed by atoms with Gasteiger partial charge in [-0.3, -0.25) is 0 Å². The highest BCUT2D eigenvalue weighted by Gasteiger charge is 2.11. The lowest BCUT2D eigenvalue weighted by molar-refractivity contribution is 0.639. The van der Waals surface area contributed by atoms with Crippen LogP contribution in [0.3, 0.4) is 0 Å². The summed E-state index contributed by atoms with van der Waals surface area (Å²) >= 11 is 0. The number of hydrogen-bond acceptors (Lipinski definition) is 0. The molecule has 1 nitrogen and oxygen atoms in total. The quantitative estimate of drug-likeness (QED) is 0.644. The molecule has 0 atom stereocenters. The summed E-state index contributed by atoms with van der Waals surface area (Å²) < 4.78 is 16.0. The first-order chi connectivity index (χ1) is 9.15. The maximum Gasteiger partial charge on any atom is 0.132 e. The number of fused-ring (bicyclic) bond motifs is 1. The Hall–Kier alpha value is -2.09. The Kier molecular flexibility index (Phi) is 2.86. The van der Waals surface area contributed by atoms with Crippen LogP contribution in [0.15, 0.2) is 48.7 Å². The fourth-order valence-corrected chi connectivity index (χ4v) is 2.55. The van der Waals surface area contributed by atoms with Crippen LogP contribution in [0.4, 0.5) is 4.39 Å². The maximum absolute atomic E-state index is 14.0. The van der Waals surface area contributed by atoms with Crippen LogP contribution < -0.4 is 0 Å². The van der Waals surface area contributed by atoms with Crippen molar-refractivity contribution in [1.82, 2.24) is 4.57 Å². The van der Waals surface area contributed by atoms with E-state index in [0.717, 1.165) is 22.9 Å². The number of hydrogen-bond donors (Lipinski definition) is 0. The molecule has 0 spiro atoms. The van der Waals surface area contributed by atoms with Crippen molar-refractivity contribution in [3.8, 4) is 0 Å². The summed E-state index contributed by atoms with van der Waals surface area (Å²) in [7, 11) is 1.96. The zero-order chi connectivity index (χ0) is 13.4. The molecule has 0 amide bonds. The van der Waals surface area contributed by atoms with Crippen molar-refractivity contribution in [3.05, 3.63) is 71.2 Å². The van der Waals surface area contributed by atoms with E-state index in [0.29, 0.717) is 0 Å². The molecular weight excluding hydrogens is 237 g/mol. The molecule has 1 aromatic heterocycles. The lowest BCUT2D eigenvalue weighted by Crippen LogP contribution is -1.88. The first-order valence-corrected chi connectivity index (χ1v) is 6.43. The van der Waals surface area contributed by atoms with Crippen molar-refractivity contribution in [2.75, 3.05) is 0 Å².